The van der Waals surface area contributed by atoms with Gasteiger partial charge in [0.05, 0.1) is 0 Å². The summed E-state index contributed by atoms with van der Waals surface area (Å²) in [6, 6.07) is 3.21. The Morgan fingerprint density at radius 2 is 1.67 bits per heavy atom. The Bertz CT molecular complexity index is 578. The molecule has 0 spiro atoms. The molecule has 18 heavy (non-hydrogen) atoms. The predicted molar refractivity (Wildman–Crippen MR) is 59.9 cm³/mol. The first-order valence-corrected chi connectivity index (χ1v) is 4.98. The molecule has 0 aliphatic carbocycles. The zero-order chi connectivity index (χ0) is 13.3. The van der Waals surface area contributed by atoms with E-state index in [1.807, 2.05) is 0 Å². The molecule has 2 aromatic rings. The lowest BCUT2D eigenvalue weighted by atomic mass is 10.2. The van der Waals surface area contributed by atoms with E-state index in [1.165, 1.54) is 0 Å². The molecule has 0 aliphatic rings. The molecule has 1 aromatic heterocycles. The van der Waals surface area contributed by atoms with Crippen molar-refractivity contribution in [2.45, 2.75) is 6.92 Å². The van der Waals surface area contributed by atoms with Crippen molar-refractivity contribution in [2.75, 3.05) is 5.43 Å². The highest BCUT2D eigenvalue weighted by atomic mass is 19.2. The number of nitrogens with zero attached hydrogens (tertiary/aromatic N) is 2. The van der Waals surface area contributed by atoms with Crippen LogP contribution < -0.4 is 11.3 Å². The zero-order valence-electron chi connectivity index (χ0n) is 9.34. The number of nitrogens with two attached hydrogens (primary N) is 1. The highest BCUT2D eigenvalue weighted by molar-refractivity contribution is 5.57. The molecule has 1 aromatic carbocycles. The maximum Gasteiger partial charge on any atom is 0.194 e. The molecule has 2 rings (SSSR count). The standard InChI is InChI=1S/C11H9F3N4/c1-5-2-9(18-15)17-11(16-5)6-3-7(12)10(14)8(13)4-6/h2-4H,15H2,1H3,(H,16,17,18). The van der Waals surface area contributed by atoms with Crippen LogP contribution in [0, 0.1) is 24.4 Å². The molecule has 0 atom stereocenters. The highest BCUT2D eigenvalue weighted by Crippen LogP contribution is 2.22. The Morgan fingerprint density at radius 3 is 2.22 bits per heavy atom. The number of rotatable bonds is 2. The summed E-state index contributed by atoms with van der Waals surface area (Å²) in [5.41, 5.74) is 2.89. The summed E-state index contributed by atoms with van der Waals surface area (Å²) in [5.74, 6) is 1.44. The Balaban J connectivity index is 2.58. The summed E-state index contributed by atoms with van der Waals surface area (Å²) < 4.78 is 39.0. The molecule has 0 unspecified atom stereocenters. The number of benzene rings is 1. The Hall–Kier alpha value is -2.15. The summed E-state index contributed by atoms with van der Waals surface area (Å²) in [5, 5.41) is 0. The quantitative estimate of drug-likeness (QED) is 0.489. The lowest BCUT2D eigenvalue weighted by Gasteiger charge is -2.06. The van der Waals surface area contributed by atoms with Gasteiger partial charge in [-0.05, 0) is 19.1 Å². The van der Waals surface area contributed by atoms with Crippen molar-refractivity contribution < 1.29 is 13.2 Å². The smallest absolute Gasteiger partial charge is 0.194 e. The number of hydrazine groups is 1. The van der Waals surface area contributed by atoms with Gasteiger partial charge >= 0.3 is 0 Å². The van der Waals surface area contributed by atoms with Gasteiger partial charge in [-0.1, -0.05) is 0 Å². The molecule has 4 nitrogen and oxygen atoms in total. The predicted octanol–water partition coefficient (Wildman–Crippen LogP) is 2.15. The third-order valence-corrected chi connectivity index (χ3v) is 2.24. The van der Waals surface area contributed by atoms with Gasteiger partial charge < -0.3 is 5.43 Å². The summed E-state index contributed by atoms with van der Waals surface area (Å²) in [6.07, 6.45) is 0. The lowest BCUT2D eigenvalue weighted by Crippen LogP contribution is -2.10. The van der Waals surface area contributed by atoms with Crippen LogP contribution in [0.25, 0.3) is 11.4 Å². The fourth-order valence-corrected chi connectivity index (χ4v) is 1.46. The number of nitrogen functional groups attached to an aromatic ring is 1. The van der Waals surface area contributed by atoms with Crippen LogP contribution >= 0.6 is 0 Å². The number of halogens is 3. The normalized spacial score (nSPS) is 10.5. The number of hydrogen-bond acceptors (Lipinski definition) is 4. The summed E-state index contributed by atoms with van der Waals surface area (Å²) in [4.78, 5) is 7.93. The van der Waals surface area contributed by atoms with Gasteiger partial charge in [-0.2, -0.15) is 0 Å². The zero-order valence-corrected chi connectivity index (χ0v) is 9.34. The number of nitrogens with one attached hydrogen (secondary N) is 1. The Morgan fingerprint density at radius 1 is 1.06 bits per heavy atom. The van der Waals surface area contributed by atoms with Crippen LogP contribution in [0.2, 0.25) is 0 Å². The first-order chi connectivity index (χ1) is 8.51. The molecule has 3 N–H and O–H groups in total. The second-order valence-electron chi connectivity index (χ2n) is 3.62. The molecule has 94 valence electrons. The van der Waals surface area contributed by atoms with Crippen molar-refractivity contribution >= 4 is 5.82 Å². The number of aromatic nitrogens is 2. The van der Waals surface area contributed by atoms with Crippen LogP contribution in [0.15, 0.2) is 18.2 Å². The van der Waals surface area contributed by atoms with Crippen molar-refractivity contribution in [3.63, 3.8) is 0 Å². The topological polar surface area (TPSA) is 63.8 Å². The molecule has 0 amide bonds. The average molecular weight is 254 g/mol. The van der Waals surface area contributed by atoms with Crippen LogP contribution in [-0.4, -0.2) is 9.97 Å². The van der Waals surface area contributed by atoms with Crippen molar-refractivity contribution in [3.8, 4) is 11.4 Å². The number of aryl methyl sites for hydroxylation is 1. The fraction of sp³-hybridized carbons (Fsp3) is 0.0909. The van der Waals surface area contributed by atoms with E-state index in [-0.39, 0.29) is 11.4 Å². The molecule has 0 fully saturated rings. The van der Waals surface area contributed by atoms with E-state index in [2.05, 4.69) is 15.4 Å². The minimum atomic E-state index is -1.52. The minimum Gasteiger partial charge on any atom is -0.308 e. The van der Waals surface area contributed by atoms with E-state index in [4.69, 9.17) is 5.84 Å². The van der Waals surface area contributed by atoms with Crippen molar-refractivity contribution in [3.05, 3.63) is 41.3 Å². The second-order valence-corrected chi connectivity index (χ2v) is 3.62. The van der Waals surface area contributed by atoms with Gasteiger partial charge in [-0.15, -0.1) is 0 Å². The van der Waals surface area contributed by atoms with Crippen LogP contribution in [0.5, 0.6) is 0 Å². The van der Waals surface area contributed by atoms with Crippen LogP contribution in [0.4, 0.5) is 19.0 Å². The third-order valence-electron chi connectivity index (χ3n) is 2.24. The monoisotopic (exact) mass is 254 g/mol. The SMILES string of the molecule is Cc1cc(NN)nc(-c2cc(F)c(F)c(F)c2)n1. The molecule has 7 heteroatoms. The van der Waals surface area contributed by atoms with E-state index in [0.29, 0.717) is 11.5 Å². The van der Waals surface area contributed by atoms with Crippen molar-refractivity contribution in [1.82, 2.24) is 9.97 Å². The Labute approximate surface area is 101 Å². The van der Waals surface area contributed by atoms with Crippen molar-refractivity contribution in [1.29, 1.82) is 0 Å². The maximum atomic E-state index is 13.1. The first-order valence-electron chi connectivity index (χ1n) is 4.98. The molecule has 1 heterocycles. The highest BCUT2D eigenvalue weighted by Gasteiger charge is 2.13. The summed E-state index contributed by atoms with van der Waals surface area (Å²) in [7, 11) is 0. The first kappa shape index (κ1) is 12.3. The number of hydrogen-bond donors (Lipinski definition) is 2. The third kappa shape index (κ3) is 2.25. The molecule has 0 aliphatic heterocycles. The fourth-order valence-electron chi connectivity index (χ4n) is 1.46. The molecular weight excluding hydrogens is 245 g/mol. The van der Waals surface area contributed by atoms with E-state index >= 15 is 0 Å². The van der Waals surface area contributed by atoms with Gasteiger partial charge in [0.1, 0.15) is 5.82 Å². The van der Waals surface area contributed by atoms with Gasteiger partial charge in [-0.25, -0.2) is 29.0 Å². The molecular formula is C11H9F3N4. The molecule has 0 saturated carbocycles. The molecule has 0 bridgehead atoms. The second kappa shape index (κ2) is 4.61. The van der Waals surface area contributed by atoms with Crippen molar-refractivity contribution in [2.24, 2.45) is 5.84 Å². The molecule has 0 radical (unpaired) electrons. The van der Waals surface area contributed by atoms with E-state index in [0.717, 1.165) is 12.1 Å². The van der Waals surface area contributed by atoms with Gasteiger partial charge in [-0.3, -0.25) is 0 Å². The largest absolute Gasteiger partial charge is 0.308 e. The summed E-state index contributed by atoms with van der Waals surface area (Å²) >= 11 is 0. The maximum absolute atomic E-state index is 13.1. The van der Waals surface area contributed by atoms with E-state index in [1.54, 1.807) is 13.0 Å². The number of anilines is 1. The van der Waals surface area contributed by atoms with Crippen LogP contribution in [-0.2, 0) is 0 Å². The van der Waals surface area contributed by atoms with Gasteiger partial charge in [0.2, 0.25) is 0 Å². The van der Waals surface area contributed by atoms with Gasteiger partial charge in [0, 0.05) is 17.3 Å². The Kier molecular flexibility index (Phi) is 3.15. The van der Waals surface area contributed by atoms with E-state index < -0.39 is 17.5 Å². The van der Waals surface area contributed by atoms with Gasteiger partial charge in [0.15, 0.2) is 23.3 Å². The summed E-state index contributed by atoms with van der Waals surface area (Å²) in [6.45, 7) is 1.67. The molecule has 0 saturated heterocycles. The average Bonchev–Trinajstić information content (AvgIpc) is 2.34. The van der Waals surface area contributed by atoms with Crippen LogP contribution in [0.3, 0.4) is 0 Å². The van der Waals surface area contributed by atoms with E-state index in [9.17, 15) is 13.2 Å². The van der Waals surface area contributed by atoms with Crippen LogP contribution in [0.1, 0.15) is 5.69 Å². The minimum absolute atomic E-state index is 0.0339. The lowest BCUT2D eigenvalue weighted by molar-refractivity contribution is 0.447. The van der Waals surface area contributed by atoms with Gasteiger partial charge in [0.25, 0.3) is 0 Å².